The molecule has 2 aliphatic rings. The zero-order valence-corrected chi connectivity index (χ0v) is 11.4. The maximum atomic E-state index is 5.68. The highest BCUT2D eigenvalue weighted by Gasteiger charge is 2.39. The van der Waals surface area contributed by atoms with E-state index in [1.807, 2.05) is 0 Å². The third-order valence-electron chi connectivity index (χ3n) is 4.60. The fourth-order valence-corrected chi connectivity index (χ4v) is 3.93. The largest absolute Gasteiger partial charge is 0.306 e. The van der Waals surface area contributed by atoms with Crippen molar-refractivity contribution < 1.29 is 0 Å². The normalized spacial score (nSPS) is 32.8. The molecule has 0 radical (unpaired) electrons. The minimum atomic E-state index is 0.829. The van der Waals surface area contributed by atoms with E-state index >= 15 is 0 Å². The van der Waals surface area contributed by atoms with Crippen molar-refractivity contribution >= 4 is 11.6 Å². The molecule has 2 bridgehead atoms. The molecule has 2 saturated carbocycles. The van der Waals surface area contributed by atoms with Crippen LogP contribution in [-0.4, -0.2) is 30.9 Å². The Morgan fingerprint density at radius 2 is 2.00 bits per heavy atom. The lowest BCUT2D eigenvalue weighted by molar-refractivity contribution is 0.217. The van der Waals surface area contributed by atoms with Gasteiger partial charge in [0, 0.05) is 12.4 Å². The van der Waals surface area contributed by atoms with Crippen LogP contribution in [0.1, 0.15) is 44.9 Å². The SMILES string of the molecule is CN(CCCCCCl)CC1CC2CCC1C2. The zero-order valence-electron chi connectivity index (χ0n) is 10.6. The molecule has 1 nitrogen and oxygen atoms in total. The third kappa shape index (κ3) is 3.37. The van der Waals surface area contributed by atoms with E-state index in [1.165, 1.54) is 51.6 Å². The Balaban J connectivity index is 1.58. The molecule has 2 heteroatoms. The summed E-state index contributed by atoms with van der Waals surface area (Å²) in [6.45, 7) is 2.62. The second kappa shape index (κ2) is 6.26. The molecule has 0 aromatic rings. The standard InChI is InChI=1S/C14H26ClN/c1-16(8-4-2-3-7-15)11-14-10-12-5-6-13(14)9-12/h12-14H,2-11H2,1H3. The molecular weight excluding hydrogens is 218 g/mol. The lowest BCUT2D eigenvalue weighted by Crippen LogP contribution is -2.29. The molecule has 0 amide bonds. The van der Waals surface area contributed by atoms with Gasteiger partial charge in [0.2, 0.25) is 0 Å². The summed E-state index contributed by atoms with van der Waals surface area (Å²) >= 11 is 5.68. The number of alkyl halides is 1. The second-order valence-electron chi connectivity index (χ2n) is 5.95. The van der Waals surface area contributed by atoms with E-state index in [4.69, 9.17) is 11.6 Å². The molecule has 3 atom stereocenters. The van der Waals surface area contributed by atoms with Gasteiger partial charge in [0.15, 0.2) is 0 Å². The molecule has 0 aromatic heterocycles. The lowest BCUT2D eigenvalue weighted by atomic mass is 9.88. The van der Waals surface area contributed by atoms with E-state index in [2.05, 4.69) is 11.9 Å². The molecule has 0 aromatic carbocycles. The average molecular weight is 244 g/mol. The number of nitrogens with zero attached hydrogens (tertiary/aromatic N) is 1. The topological polar surface area (TPSA) is 3.24 Å². The van der Waals surface area contributed by atoms with E-state index in [1.54, 1.807) is 6.42 Å². The van der Waals surface area contributed by atoms with Gasteiger partial charge in [-0.2, -0.15) is 0 Å². The number of hydrogen-bond donors (Lipinski definition) is 0. The summed E-state index contributed by atoms with van der Waals surface area (Å²) in [5, 5.41) is 0. The Kier molecular flexibility index (Phi) is 4.97. The monoisotopic (exact) mass is 243 g/mol. The van der Waals surface area contributed by atoms with Crippen molar-refractivity contribution in [2.75, 3.05) is 26.0 Å². The minimum absolute atomic E-state index is 0.829. The number of halogens is 1. The summed E-state index contributed by atoms with van der Waals surface area (Å²) in [5.74, 6) is 4.03. The first-order chi connectivity index (χ1) is 7.79. The van der Waals surface area contributed by atoms with Crippen LogP contribution in [0.25, 0.3) is 0 Å². The summed E-state index contributed by atoms with van der Waals surface area (Å²) in [7, 11) is 2.30. The van der Waals surface area contributed by atoms with Crippen LogP contribution in [0.4, 0.5) is 0 Å². The predicted molar refractivity (Wildman–Crippen MR) is 71.0 cm³/mol. The van der Waals surface area contributed by atoms with Crippen molar-refractivity contribution in [2.24, 2.45) is 17.8 Å². The van der Waals surface area contributed by atoms with Crippen LogP contribution in [0, 0.1) is 17.8 Å². The molecule has 94 valence electrons. The van der Waals surface area contributed by atoms with Gasteiger partial charge in [-0.25, -0.2) is 0 Å². The van der Waals surface area contributed by atoms with Gasteiger partial charge in [0.25, 0.3) is 0 Å². The smallest absolute Gasteiger partial charge is 0.0223 e. The van der Waals surface area contributed by atoms with Gasteiger partial charge in [0.05, 0.1) is 0 Å². The van der Waals surface area contributed by atoms with Gasteiger partial charge in [-0.15, -0.1) is 11.6 Å². The average Bonchev–Trinajstić information content (AvgIpc) is 2.86. The van der Waals surface area contributed by atoms with Crippen molar-refractivity contribution in [3.63, 3.8) is 0 Å². The van der Waals surface area contributed by atoms with Crippen LogP contribution >= 0.6 is 11.6 Å². The van der Waals surface area contributed by atoms with Crippen molar-refractivity contribution in [1.82, 2.24) is 4.90 Å². The first-order valence-electron chi connectivity index (χ1n) is 7.04. The fourth-order valence-electron chi connectivity index (χ4n) is 3.74. The summed E-state index contributed by atoms with van der Waals surface area (Å²) in [6.07, 6.45) is 9.93. The number of fused-ring (bicyclic) bond motifs is 2. The molecule has 0 spiro atoms. The van der Waals surface area contributed by atoms with Gasteiger partial charge >= 0.3 is 0 Å². The highest BCUT2D eigenvalue weighted by atomic mass is 35.5. The Morgan fingerprint density at radius 3 is 2.62 bits per heavy atom. The summed E-state index contributed by atoms with van der Waals surface area (Å²) in [4.78, 5) is 2.56. The predicted octanol–water partition coefficient (Wildman–Crippen LogP) is 3.76. The van der Waals surface area contributed by atoms with Crippen molar-refractivity contribution in [1.29, 1.82) is 0 Å². The first-order valence-corrected chi connectivity index (χ1v) is 7.57. The molecule has 16 heavy (non-hydrogen) atoms. The van der Waals surface area contributed by atoms with E-state index in [-0.39, 0.29) is 0 Å². The van der Waals surface area contributed by atoms with Crippen LogP contribution in [-0.2, 0) is 0 Å². The van der Waals surface area contributed by atoms with E-state index in [0.29, 0.717) is 0 Å². The Labute approximate surface area is 106 Å². The zero-order chi connectivity index (χ0) is 11.4. The van der Waals surface area contributed by atoms with Crippen LogP contribution in [0.15, 0.2) is 0 Å². The minimum Gasteiger partial charge on any atom is -0.306 e. The van der Waals surface area contributed by atoms with Gasteiger partial charge in [-0.1, -0.05) is 12.8 Å². The Hall–Kier alpha value is 0.250. The summed E-state index contributed by atoms with van der Waals surface area (Å²) in [5.41, 5.74) is 0. The van der Waals surface area contributed by atoms with Crippen LogP contribution in [0.3, 0.4) is 0 Å². The van der Waals surface area contributed by atoms with E-state index in [0.717, 1.165) is 23.6 Å². The molecule has 2 aliphatic carbocycles. The van der Waals surface area contributed by atoms with Gasteiger partial charge in [-0.05, 0) is 63.5 Å². The molecule has 0 saturated heterocycles. The maximum absolute atomic E-state index is 5.68. The molecule has 0 N–H and O–H groups in total. The van der Waals surface area contributed by atoms with Gasteiger partial charge < -0.3 is 4.90 Å². The molecular formula is C14H26ClN. The van der Waals surface area contributed by atoms with Crippen molar-refractivity contribution in [2.45, 2.75) is 44.9 Å². The fraction of sp³-hybridized carbons (Fsp3) is 1.00. The highest BCUT2D eigenvalue weighted by molar-refractivity contribution is 6.17. The summed E-state index contributed by atoms with van der Waals surface area (Å²) < 4.78 is 0. The molecule has 2 fully saturated rings. The van der Waals surface area contributed by atoms with Crippen LogP contribution in [0.2, 0.25) is 0 Å². The van der Waals surface area contributed by atoms with Crippen molar-refractivity contribution in [3.05, 3.63) is 0 Å². The Bertz CT molecular complexity index is 207. The quantitative estimate of drug-likeness (QED) is 0.486. The molecule has 0 heterocycles. The molecule has 2 rings (SSSR count). The number of hydrogen-bond acceptors (Lipinski definition) is 1. The van der Waals surface area contributed by atoms with E-state index in [9.17, 15) is 0 Å². The Morgan fingerprint density at radius 1 is 1.12 bits per heavy atom. The van der Waals surface area contributed by atoms with E-state index < -0.39 is 0 Å². The van der Waals surface area contributed by atoms with Gasteiger partial charge in [0.1, 0.15) is 0 Å². The van der Waals surface area contributed by atoms with Crippen LogP contribution in [0.5, 0.6) is 0 Å². The maximum Gasteiger partial charge on any atom is 0.0223 e. The third-order valence-corrected chi connectivity index (χ3v) is 4.87. The summed E-state index contributed by atoms with van der Waals surface area (Å²) in [6, 6.07) is 0. The van der Waals surface area contributed by atoms with Crippen molar-refractivity contribution in [3.8, 4) is 0 Å². The van der Waals surface area contributed by atoms with Gasteiger partial charge in [-0.3, -0.25) is 0 Å². The molecule has 0 aliphatic heterocycles. The lowest BCUT2D eigenvalue weighted by Gasteiger charge is -2.27. The number of unbranched alkanes of at least 4 members (excludes halogenated alkanes) is 2. The second-order valence-corrected chi connectivity index (χ2v) is 6.32. The first kappa shape index (κ1) is 12.7. The van der Waals surface area contributed by atoms with Crippen LogP contribution < -0.4 is 0 Å². The number of rotatable bonds is 7. The highest BCUT2D eigenvalue weighted by Crippen LogP contribution is 2.48. The molecule has 3 unspecified atom stereocenters.